The van der Waals surface area contributed by atoms with Crippen LogP contribution in [0.4, 0.5) is 5.69 Å². The van der Waals surface area contributed by atoms with Crippen LogP contribution in [0.15, 0.2) is 22.7 Å². The maximum atomic E-state index is 12.0. The van der Waals surface area contributed by atoms with E-state index in [1.165, 1.54) is 19.1 Å². The minimum absolute atomic E-state index is 0.00975. The predicted molar refractivity (Wildman–Crippen MR) is 84.0 cm³/mol. The van der Waals surface area contributed by atoms with Crippen molar-refractivity contribution in [2.75, 3.05) is 6.54 Å². The number of benzene rings is 1. The van der Waals surface area contributed by atoms with E-state index in [2.05, 4.69) is 15.5 Å². The van der Waals surface area contributed by atoms with Gasteiger partial charge in [-0.1, -0.05) is 16.8 Å². The summed E-state index contributed by atoms with van der Waals surface area (Å²) < 4.78 is 9.90. The summed E-state index contributed by atoms with van der Waals surface area (Å²) in [6.45, 7) is 2.72. The van der Waals surface area contributed by atoms with Gasteiger partial charge >= 0.3 is 5.97 Å². The van der Waals surface area contributed by atoms with Gasteiger partial charge in [0.1, 0.15) is 11.6 Å². The number of hydrogen-bond donors (Lipinski definition) is 1. The molecular formula is C14H13ClN4O6. The Kier molecular flexibility index (Phi) is 5.65. The Balaban J connectivity index is 1.92. The van der Waals surface area contributed by atoms with Crippen molar-refractivity contribution in [3.63, 3.8) is 0 Å². The number of aryl methyl sites for hydroxylation is 1. The van der Waals surface area contributed by atoms with E-state index in [1.807, 2.05) is 0 Å². The highest BCUT2D eigenvalue weighted by atomic mass is 35.5. The van der Waals surface area contributed by atoms with Gasteiger partial charge in [-0.2, -0.15) is 4.98 Å². The zero-order valence-electron chi connectivity index (χ0n) is 13.2. The number of hydrogen-bond acceptors (Lipinski definition) is 8. The number of halogens is 1. The largest absolute Gasteiger partial charge is 0.451 e. The average Bonchev–Trinajstić information content (AvgIpc) is 2.99. The van der Waals surface area contributed by atoms with Gasteiger partial charge in [-0.15, -0.1) is 0 Å². The normalized spacial score (nSPS) is 11.6. The number of nitrogens with one attached hydrogen (secondary N) is 1. The van der Waals surface area contributed by atoms with Crippen molar-refractivity contribution in [3.05, 3.63) is 50.6 Å². The third-order valence-corrected chi connectivity index (χ3v) is 3.32. The van der Waals surface area contributed by atoms with Gasteiger partial charge in [-0.05, 0) is 26.0 Å². The molecule has 1 unspecified atom stereocenters. The number of carbonyl (C=O) groups excluding carboxylic acids is 2. The van der Waals surface area contributed by atoms with Crippen molar-refractivity contribution in [3.8, 4) is 0 Å². The summed E-state index contributed by atoms with van der Waals surface area (Å²) in [5.41, 5.74) is -0.415. The van der Waals surface area contributed by atoms with Gasteiger partial charge in [0, 0.05) is 11.6 Å². The first-order valence-corrected chi connectivity index (χ1v) is 7.37. The van der Waals surface area contributed by atoms with Crippen LogP contribution in [-0.4, -0.2) is 33.5 Å². The third-order valence-electron chi connectivity index (χ3n) is 3.00. The predicted octanol–water partition coefficient (Wildman–Crippen LogP) is 1.97. The topological polar surface area (TPSA) is 137 Å². The Hall–Kier alpha value is -3.01. The summed E-state index contributed by atoms with van der Waals surface area (Å²) in [4.78, 5) is 37.7. The second-order valence-corrected chi connectivity index (χ2v) is 5.33. The molecule has 25 heavy (non-hydrogen) atoms. The number of ether oxygens (including phenoxy) is 1. The van der Waals surface area contributed by atoms with Crippen LogP contribution in [-0.2, 0) is 9.53 Å². The molecule has 0 bridgehead atoms. The van der Waals surface area contributed by atoms with Crippen molar-refractivity contribution in [1.82, 2.24) is 15.5 Å². The number of nitro groups is 1. The highest BCUT2D eigenvalue weighted by Crippen LogP contribution is 2.25. The third kappa shape index (κ3) is 4.73. The quantitative estimate of drug-likeness (QED) is 0.464. The highest BCUT2D eigenvalue weighted by molar-refractivity contribution is 6.32. The maximum absolute atomic E-state index is 12.0. The van der Waals surface area contributed by atoms with Crippen LogP contribution >= 0.6 is 11.6 Å². The van der Waals surface area contributed by atoms with E-state index in [0.717, 1.165) is 6.07 Å². The van der Waals surface area contributed by atoms with Gasteiger partial charge in [0.05, 0.1) is 4.92 Å². The molecule has 1 heterocycles. The minimum atomic E-state index is -0.776. The lowest BCUT2D eigenvalue weighted by atomic mass is 10.2. The summed E-state index contributed by atoms with van der Waals surface area (Å²) in [5, 5.41) is 16.6. The van der Waals surface area contributed by atoms with Gasteiger partial charge in [-0.3, -0.25) is 19.7 Å². The molecule has 0 spiro atoms. The minimum Gasteiger partial charge on any atom is -0.451 e. The van der Waals surface area contributed by atoms with Crippen molar-refractivity contribution < 1.29 is 23.8 Å². The molecule has 1 atom stereocenters. The maximum Gasteiger partial charge on any atom is 0.326 e. The van der Waals surface area contributed by atoms with E-state index < -0.39 is 35.1 Å². The summed E-state index contributed by atoms with van der Waals surface area (Å²) in [5.74, 6) is -0.890. The number of amides is 1. The molecule has 0 saturated carbocycles. The van der Waals surface area contributed by atoms with E-state index in [-0.39, 0.29) is 16.5 Å². The highest BCUT2D eigenvalue weighted by Gasteiger charge is 2.20. The van der Waals surface area contributed by atoms with Crippen LogP contribution in [0.1, 0.15) is 35.1 Å². The van der Waals surface area contributed by atoms with Crippen LogP contribution in [0.3, 0.4) is 0 Å². The van der Waals surface area contributed by atoms with Crippen molar-refractivity contribution in [1.29, 1.82) is 0 Å². The molecule has 2 rings (SSSR count). The van der Waals surface area contributed by atoms with Crippen molar-refractivity contribution >= 4 is 29.2 Å². The molecule has 1 N–H and O–H groups in total. The smallest absolute Gasteiger partial charge is 0.326 e. The van der Waals surface area contributed by atoms with E-state index in [9.17, 15) is 19.7 Å². The number of esters is 1. The molecule has 0 aliphatic carbocycles. The number of rotatable bonds is 6. The van der Waals surface area contributed by atoms with Crippen LogP contribution < -0.4 is 5.32 Å². The van der Waals surface area contributed by atoms with E-state index in [0.29, 0.717) is 5.82 Å². The Morgan fingerprint density at radius 3 is 2.80 bits per heavy atom. The van der Waals surface area contributed by atoms with E-state index >= 15 is 0 Å². The molecule has 0 aliphatic heterocycles. The van der Waals surface area contributed by atoms with Gasteiger partial charge in [0.25, 0.3) is 17.5 Å². The van der Waals surface area contributed by atoms with E-state index in [4.69, 9.17) is 20.9 Å². The molecule has 0 radical (unpaired) electrons. The summed E-state index contributed by atoms with van der Waals surface area (Å²) in [7, 11) is 0. The summed E-state index contributed by atoms with van der Waals surface area (Å²) in [6.07, 6.45) is -0.776. The van der Waals surface area contributed by atoms with Crippen molar-refractivity contribution in [2.45, 2.75) is 20.0 Å². The fraction of sp³-hybridized carbons (Fsp3) is 0.286. The van der Waals surface area contributed by atoms with Crippen LogP contribution in [0.2, 0.25) is 5.02 Å². The first-order chi connectivity index (χ1) is 11.8. The molecule has 0 aliphatic rings. The fourth-order valence-corrected chi connectivity index (χ4v) is 2.00. The fourth-order valence-electron chi connectivity index (χ4n) is 1.82. The molecule has 11 heteroatoms. The first kappa shape index (κ1) is 18.3. The Bertz CT molecular complexity index is 821. The molecule has 1 aromatic heterocycles. The second kappa shape index (κ2) is 7.71. The summed E-state index contributed by atoms with van der Waals surface area (Å²) in [6, 6.07) is 3.56. The number of aromatic nitrogens is 2. The lowest BCUT2D eigenvalue weighted by Crippen LogP contribution is -2.31. The molecule has 10 nitrogen and oxygen atoms in total. The van der Waals surface area contributed by atoms with Gasteiger partial charge in [0.2, 0.25) is 0 Å². The van der Waals surface area contributed by atoms with Gasteiger partial charge < -0.3 is 14.6 Å². The Labute approximate surface area is 146 Å². The SMILES string of the molecule is Cc1noc(C(C)OC(=O)CNC(=O)c2ccc(Cl)c([N+](=O)[O-])c2)n1. The van der Waals surface area contributed by atoms with Crippen molar-refractivity contribution in [2.24, 2.45) is 0 Å². The van der Waals surface area contributed by atoms with Crippen LogP contribution in [0.5, 0.6) is 0 Å². The molecule has 0 saturated heterocycles. The second-order valence-electron chi connectivity index (χ2n) is 4.92. The number of nitrogens with zero attached hydrogens (tertiary/aromatic N) is 3. The van der Waals surface area contributed by atoms with E-state index in [1.54, 1.807) is 6.92 Å². The van der Waals surface area contributed by atoms with Gasteiger partial charge in [0.15, 0.2) is 11.9 Å². The molecule has 2 aromatic rings. The van der Waals surface area contributed by atoms with Gasteiger partial charge in [-0.25, -0.2) is 0 Å². The molecule has 132 valence electrons. The average molecular weight is 369 g/mol. The summed E-state index contributed by atoms with van der Waals surface area (Å²) >= 11 is 5.67. The standard InChI is InChI=1S/C14H13ClN4O6/c1-7(14-17-8(2)18-25-14)24-12(20)6-16-13(21)9-3-4-10(15)11(5-9)19(22)23/h3-5,7H,6H2,1-2H3,(H,16,21). The van der Waals surface area contributed by atoms with Crippen LogP contribution in [0, 0.1) is 17.0 Å². The monoisotopic (exact) mass is 368 g/mol. The number of nitro benzene ring substituents is 1. The van der Waals surface area contributed by atoms with Crippen LogP contribution in [0.25, 0.3) is 0 Å². The zero-order valence-corrected chi connectivity index (χ0v) is 13.9. The number of carbonyl (C=O) groups is 2. The lowest BCUT2D eigenvalue weighted by Gasteiger charge is -2.10. The lowest BCUT2D eigenvalue weighted by molar-refractivity contribution is -0.384. The Morgan fingerprint density at radius 2 is 2.20 bits per heavy atom. The Morgan fingerprint density at radius 1 is 1.48 bits per heavy atom. The molecule has 1 amide bonds. The molecule has 1 aromatic carbocycles. The first-order valence-electron chi connectivity index (χ1n) is 6.99. The molecular weight excluding hydrogens is 356 g/mol. The zero-order chi connectivity index (χ0) is 18.6. The molecule has 0 fully saturated rings.